The normalized spacial score (nSPS) is 20.2. The Balaban J connectivity index is 0.00000144. The number of likely N-dealkylation sites (tertiary alicyclic amines) is 1. The lowest BCUT2D eigenvalue weighted by Gasteiger charge is -2.16. The highest BCUT2D eigenvalue weighted by Gasteiger charge is 2.26. The van der Waals surface area contributed by atoms with Crippen LogP contribution in [0.1, 0.15) is 12.8 Å². The molecule has 2 heterocycles. The van der Waals surface area contributed by atoms with Crippen molar-refractivity contribution < 1.29 is 21.6 Å². The summed E-state index contributed by atoms with van der Waals surface area (Å²) >= 11 is 14.4. The van der Waals surface area contributed by atoms with Crippen molar-refractivity contribution in [3.05, 3.63) is 0 Å². The highest BCUT2D eigenvalue weighted by atomic mass is 79.9. The number of halogens is 1. The maximum Gasteiger partial charge on any atom is 0.270 e. The van der Waals surface area contributed by atoms with E-state index in [1.807, 2.05) is 23.5 Å². The van der Waals surface area contributed by atoms with Crippen LogP contribution in [0.2, 0.25) is 0 Å². The molecule has 0 aromatic heterocycles. The third-order valence-electron chi connectivity index (χ3n) is 2.77. The highest BCUT2D eigenvalue weighted by Crippen LogP contribution is 2.20. The second-order valence-electron chi connectivity index (χ2n) is 3.74. The van der Waals surface area contributed by atoms with Gasteiger partial charge in [-0.1, -0.05) is 36.2 Å². The first-order valence-electron chi connectivity index (χ1n) is 5.34. The Morgan fingerprint density at radius 3 is 2.59 bits per heavy atom. The molecule has 96 valence electrons. The molecule has 0 unspecified atom stereocenters. The van der Waals surface area contributed by atoms with Crippen LogP contribution >= 0.6 is 48.0 Å². The van der Waals surface area contributed by atoms with E-state index in [4.69, 9.17) is 24.4 Å². The maximum atomic E-state index is 5.32. The second kappa shape index (κ2) is 7.43. The molecular weight excluding hydrogens is 356 g/mol. The monoisotopic (exact) mass is 370 g/mol. The number of hydrogen-bond acceptors (Lipinski definition) is 4. The van der Waals surface area contributed by atoms with Crippen molar-refractivity contribution in [2.45, 2.75) is 12.8 Å². The predicted octanol–water partition coefficient (Wildman–Crippen LogP) is -0.781. The molecular formula is C10H15BrN2S4. The average molecular weight is 371 g/mol. The smallest absolute Gasteiger partial charge is 0.270 e. The molecule has 0 aliphatic carbocycles. The summed E-state index contributed by atoms with van der Waals surface area (Å²) in [6.07, 6.45) is 4.09. The van der Waals surface area contributed by atoms with E-state index < -0.39 is 0 Å². The van der Waals surface area contributed by atoms with Crippen molar-refractivity contribution in [3.63, 3.8) is 0 Å². The summed E-state index contributed by atoms with van der Waals surface area (Å²) in [7, 11) is 0. The Morgan fingerprint density at radius 1 is 1.35 bits per heavy atom. The van der Waals surface area contributed by atoms with E-state index in [9.17, 15) is 0 Å². The fraction of sp³-hybridized carbons (Fsp3) is 0.700. The quantitative estimate of drug-likeness (QED) is 0.473. The van der Waals surface area contributed by atoms with Crippen molar-refractivity contribution in [1.29, 1.82) is 0 Å². The molecule has 0 aromatic rings. The van der Waals surface area contributed by atoms with Crippen LogP contribution in [0.4, 0.5) is 0 Å². The Hall–Kier alpha value is 0.830. The topological polar surface area (TPSA) is 6.25 Å². The van der Waals surface area contributed by atoms with E-state index in [1.165, 1.54) is 10.1 Å². The van der Waals surface area contributed by atoms with Gasteiger partial charge in [0.2, 0.25) is 0 Å². The zero-order chi connectivity index (χ0) is 11.5. The second-order valence-corrected chi connectivity index (χ2v) is 6.82. The Labute approximate surface area is 132 Å². The van der Waals surface area contributed by atoms with Gasteiger partial charge in [0.05, 0.1) is 22.3 Å². The first kappa shape index (κ1) is 15.9. The molecule has 0 saturated carbocycles. The lowest BCUT2D eigenvalue weighted by Crippen LogP contribution is -3.00. The fourth-order valence-corrected chi connectivity index (χ4v) is 4.59. The van der Waals surface area contributed by atoms with Gasteiger partial charge < -0.3 is 21.9 Å². The minimum Gasteiger partial charge on any atom is -1.00 e. The molecule has 0 N–H and O–H groups in total. The third-order valence-corrected chi connectivity index (χ3v) is 5.97. The van der Waals surface area contributed by atoms with E-state index in [-0.39, 0.29) is 17.0 Å². The van der Waals surface area contributed by atoms with Crippen molar-refractivity contribution in [3.8, 4) is 0 Å². The highest BCUT2D eigenvalue weighted by molar-refractivity contribution is 8.38. The molecule has 7 heteroatoms. The number of thiocarbonyl (C=S) groups is 2. The van der Waals surface area contributed by atoms with Gasteiger partial charge in [0.25, 0.3) is 4.38 Å². The van der Waals surface area contributed by atoms with Crippen LogP contribution in [0.25, 0.3) is 0 Å². The van der Waals surface area contributed by atoms with Gasteiger partial charge in [-0.3, -0.25) is 0 Å². The average Bonchev–Trinajstić information content (AvgIpc) is 2.84. The number of nitrogens with zero attached hydrogens (tertiary/aromatic N) is 2. The molecule has 0 atom stereocenters. The first-order valence-corrected chi connectivity index (χ1v) is 8.37. The van der Waals surface area contributed by atoms with Gasteiger partial charge in [-0.15, -0.1) is 0 Å². The predicted molar refractivity (Wildman–Crippen MR) is 82.1 cm³/mol. The van der Waals surface area contributed by atoms with Gasteiger partial charge in [-0.25, -0.2) is 4.58 Å². The molecule has 2 aliphatic rings. The van der Waals surface area contributed by atoms with E-state index in [2.05, 4.69) is 15.7 Å². The van der Waals surface area contributed by atoms with Gasteiger partial charge in [-0.2, -0.15) is 0 Å². The van der Waals surface area contributed by atoms with Crippen molar-refractivity contribution >= 4 is 62.3 Å². The van der Waals surface area contributed by atoms with Crippen molar-refractivity contribution in [2.75, 3.05) is 31.6 Å². The summed E-state index contributed by atoms with van der Waals surface area (Å²) in [4.78, 5) is 4.20. The molecule has 0 bridgehead atoms. The van der Waals surface area contributed by atoms with Crippen molar-refractivity contribution in [2.24, 2.45) is 0 Å². The summed E-state index contributed by atoms with van der Waals surface area (Å²) in [6, 6.07) is 0. The summed E-state index contributed by atoms with van der Waals surface area (Å²) in [6.45, 7) is 3.17. The standard InChI is InChI=1S/C10H15N2S4.BrH/c1-15-10-11(6-7-16-10)4-5-12-8(13)2-3-9(12)14;/h2-7H2,1H3;1H/q+1;/p-1. The molecule has 2 nitrogen and oxygen atoms in total. The molecule has 2 rings (SSSR count). The number of hydrogen-bond donors (Lipinski definition) is 0. The number of thioether (sulfide) groups is 2. The Bertz CT molecular complexity index is 340. The SMILES string of the molecule is CSC1=[N+](CCN2C(=S)CCC2=S)CCS1.[Br-]. The molecule has 0 amide bonds. The van der Waals surface area contributed by atoms with Crippen LogP contribution in [0, 0.1) is 0 Å². The van der Waals surface area contributed by atoms with Crippen LogP contribution in [-0.4, -0.2) is 55.5 Å². The lowest BCUT2D eigenvalue weighted by atomic mass is 10.4. The molecule has 1 fully saturated rings. The van der Waals surface area contributed by atoms with Gasteiger partial charge in [0.1, 0.15) is 0 Å². The van der Waals surface area contributed by atoms with Crippen LogP contribution in [0.3, 0.4) is 0 Å². The van der Waals surface area contributed by atoms with E-state index in [0.717, 1.165) is 42.5 Å². The number of rotatable bonds is 3. The largest absolute Gasteiger partial charge is 1.00 e. The minimum absolute atomic E-state index is 0. The summed E-state index contributed by atoms with van der Waals surface area (Å²) in [5.41, 5.74) is 0. The molecule has 17 heavy (non-hydrogen) atoms. The zero-order valence-electron chi connectivity index (χ0n) is 9.65. The fourth-order valence-electron chi connectivity index (χ4n) is 1.91. The van der Waals surface area contributed by atoms with Crippen LogP contribution in [0.15, 0.2) is 0 Å². The van der Waals surface area contributed by atoms with Gasteiger partial charge in [0.15, 0.2) is 13.1 Å². The summed E-state index contributed by atoms with van der Waals surface area (Å²) in [5.74, 6) is 1.21. The van der Waals surface area contributed by atoms with Crippen molar-refractivity contribution in [1.82, 2.24) is 4.90 Å². The molecule has 1 saturated heterocycles. The van der Waals surface area contributed by atoms with Gasteiger partial charge in [0, 0.05) is 12.8 Å². The third kappa shape index (κ3) is 3.89. The maximum absolute atomic E-state index is 5.32. The van der Waals surface area contributed by atoms with Crippen LogP contribution < -0.4 is 17.0 Å². The summed E-state index contributed by atoms with van der Waals surface area (Å²) < 4.78 is 3.88. The minimum atomic E-state index is 0. The van der Waals surface area contributed by atoms with E-state index in [1.54, 1.807) is 0 Å². The Morgan fingerprint density at radius 2 is 2.00 bits per heavy atom. The first-order chi connectivity index (χ1) is 7.72. The van der Waals surface area contributed by atoms with Crippen LogP contribution in [0.5, 0.6) is 0 Å². The molecule has 2 aliphatic heterocycles. The van der Waals surface area contributed by atoms with Crippen LogP contribution in [-0.2, 0) is 0 Å². The molecule has 0 spiro atoms. The van der Waals surface area contributed by atoms with E-state index >= 15 is 0 Å². The summed E-state index contributed by atoms with van der Waals surface area (Å²) in [5, 5.41) is 0. The zero-order valence-corrected chi connectivity index (χ0v) is 14.5. The van der Waals surface area contributed by atoms with Gasteiger partial charge >= 0.3 is 0 Å². The molecule has 0 radical (unpaired) electrons. The van der Waals surface area contributed by atoms with E-state index in [0.29, 0.717) is 0 Å². The van der Waals surface area contributed by atoms with Gasteiger partial charge in [-0.05, 0) is 18.0 Å². The lowest BCUT2D eigenvalue weighted by molar-refractivity contribution is -0.514. The Kier molecular flexibility index (Phi) is 6.94. The molecule has 0 aromatic carbocycles.